The molecule has 17 heavy (non-hydrogen) atoms. The van der Waals surface area contributed by atoms with Crippen LogP contribution >= 0.6 is 0 Å². The molecule has 0 saturated heterocycles. The van der Waals surface area contributed by atoms with Crippen LogP contribution in [0.25, 0.3) is 0 Å². The maximum absolute atomic E-state index is 11.2. The zero-order valence-electron chi connectivity index (χ0n) is 9.68. The molecule has 1 aromatic rings. The van der Waals surface area contributed by atoms with Crippen molar-refractivity contribution in [1.82, 2.24) is 15.5 Å². The molecule has 1 aliphatic rings. The van der Waals surface area contributed by atoms with Crippen LogP contribution in [0.5, 0.6) is 0 Å². The van der Waals surface area contributed by atoms with Gasteiger partial charge in [-0.15, -0.1) is 10.2 Å². The van der Waals surface area contributed by atoms with Gasteiger partial charge in [-0.3, -0.25) is 4.79 Å². The van der Waals surface area contributed by atoms with Crippen molar-refractivity contribution >= 4 is 11.7 Å². The van der Waals surface area contributed by atoms with Gasteiger partial charge in [0.05, 0.1) is 6.10 Å². The molecule has 3 N–H and O–H groups in total. The number of carbonyl (C=O) groups is 1. The number of rotatable bonds is 4. The minimum atomic E-state index is -0.244. The summed E-state index contributed by atoms with van der Waals surface area (Å²) in [6, 6.07) is 3.36. The first-order valence-corrected chi connectivity index (χ1v) is 5.67. The number of aliphatic hydroxyl groups excluding tert-OH is 1. The van der Waals surface area contributed by atoms with Crippen LogP contribution in [-0.2, 0) is 0 Å². The Morgan fingerprint density at radius 2 is 2.24 bits per heavy atom. The predicted octanol–water partition coefficient (Wildman–Crippen LogP) is 0.0190. The highest BCUT2D eigenvalue weighted by Crippen LogP contribution is 2.26. The van der Waals surface area contributed by atoms with Gasteiger partial charge in [0.25, 0.3) is 5.91 Å². The molecule has 1 amide bonds. The van der Waals surface area contributed by atoms with Gasteiger partial charge < -0.3 is 15.7 Å². The van der Waals surface area contributed by atoms with E-state index >= 15 is 0 Å². The fraction of sp³-hybridized carbons (Fsp3) is 0.545. The second-order valence-corrected chi connectivity index (χ2v) is 4.26. The van der Waals surface area contributed by atoms with Crippen LogP contribution in [0.2, 0.25) is 0 Å². The molecule has 6 nitrogen and oxygen atoms in total. The summed E-state index contributed by atoms with van der Waals surface area (Å²) in [4.78, 5) is 11.2. The lowest BCUT2D eigenvalue weighted by atomic mass is 9.82. The highest BCUT2D eigenvalue weighted by Gasteiger charge is 2.26. The fourth-order valence-electron chi connectivity index (χ4n) is 1.79. The molecule has 1 heterocycles. The molecular formula is C11H16N4O2. The van der Waals surface area contributed by atoms with Gasteiger partial charge in [-0.2, -0.15) is 0 Å². The van der Waals surface area contributed by atoms with Gasteiger partial charge in [-0.1, -0.05) is 0 Å². The Hall–Kier alpha value is -1.69. The summed E-state index contributed by atoms with van der Waals surface area (Å²) < 4.78 is 0. The second kappa shape index (κ2) is 5.09. The van der Waals surface area contributed by atoms with E-state index in [1.807, 2.05) is 0 Å². The average molecular weight is 236 g/mol. The van der Waals surface area contributed by atoms with Crippen LogP contribution < -0.4 is 10.6 Å². The summed E-state index contributed by atoms with van der Waals surface area (Å²) in [5.74, 6) is 0.913. The molecule has 1 saturated carbocycles. The van der Waals surface area contributed by atoms with Crippen LogP contribution in [0.4, 0.5) is 5.82 Å². The third-order valence-electron chi connectivity index (χ3n) is 2.91. The zero-order valence-corrected chi connectivity index (χ0v) is 9.68. The first-order chi connectivity index (χ1) is 8.19. The highest BCUT2D eigenvalue weighted by atomic mass is 16.3. The SMILES string of the molecule is CNC(=O)c1ccc(NCC2CC(O)C2)nn1. The minimum absolute atomic E-state index is 0.136. The fourth-order valence-corrected chi connectivity index (χ4v) is 1.79. The van der Waals surface area contributed by atoms with Crippen LogP contribution in [0.3, 0.4) is 0 Å². The number of nitrogens with one attached hydrogen (secondary N) is 2. The third-order valence-corrected chi connectivity index (χ3v) is 2.91. The van der Waals surface area contributed by atoms with Gasteiger partial charge in [0.2, 0.25) is 0 Å². The summed E-state index contributed by atoms with van der Waals surface area (Å²) >= 11 is 0. The maximum atomic E-state index is 11.2. The molecule has 0 aliphatic heterocycles. The van der Waals surface area contributed by atoms with Crippen molar-refractivity contribution in [3.63, 3.8) is 0 Å². The van der Waals surface area contributed by atoms with Crippen molar-refractivity contribution in [2.24, 2.45) is 5.92 Å². The van der Waals surface area contributed by atoms with Gasteiger partial charge in [0.15, 0.2) is 5.69 Å². The van der Waals surface area contributed by atoms with Gasteiger partial charge >= 0.3 is 0 Å². The lowest BCUT2D eigenvalue weighted by molar-refractivity contribution is 0.0486. The average Bonchev–Trinajstić information content (AvgIpc) is 2.33. The lowest BCUT2D eigenvalue weighted by Gasteiger charge is -2.31. The Bertz CT molecular complexity index is 387. The first kappa shape index (κ1) is 11.8. The molecule has 6 heteroatoms. The van der Waals surface area contributed by atoms with E-state index in [4.69, 9.17) is 5.11 Å². The van der Waals surface area contributed by atoms with E-state index in [0.717, 1.165) is 19.4 Å². The number of amides is 1. The number of hydrogen-bond acceptors (Lipinski definition) is 5. The monoisotopic (exact) mass is 236 g/mol. The topological polar surface area (TPSA) is 87.1 Å². The first-order valence-electron chi connectivity index (χ1n) is 5.67. The highest BCUT2D eigenvalue weighted by molar-refractivity contribution is 5.91. The Kier molecular flexibility index (Phi) is 3.53. The largest absolute Gasteiger partial charge is 0.393 e. The van der Waals surface area contributed by atoms with Crippen LogP contribution in [0.15, 0.2) is 12.1 Å². The smallest absolute Gasteiger partial charge is 0.271 e. The molecule has 1 aromatic heterocycles. The van der Waals surface area contributed by atoms with Crippen LogP contribution in [0.1, 0.15) is 23.3 Å². The van der Waals surface area contributed by atoms with Gasteiger partial charge in [-0.25, -0.2) is 0 Å². The van der Waals surface area contributed by atoms with E-state index in [1.54, 1.807) is 19.2 Å². The zero-order chi connectivity index (χ0) is 12.3. The van der Waals surface area contributed by atoms with Crippen molar-refractivity contribution < 1.29 is 9.90 Å². The molecule has 1 aliphatic carbocycles. The van der Waals surface area contributed by atoms with Crippen molar-refractivity contribution in [2.45, 2.75) is 18.9 Å². The molecule has 2 rings (SSSR count). The molecule has 92 valence electrons. The van der Waals surface area contributed by atoms with Crippen molar-refractivity contribution in [3.8, 4) is 0 Å². The summed E-state index contributed by atoms with van der Waals surface area (Å²) in [5, 5.41) is 22.5. The number of carbonyl (C=O) groups excluding carboxylic acids is 1. The van der Waals surface area contributed by atoms with Gasteiger partial charge in [0.1, 0.15) is 5.82 Å². The van der Waals surface area contributed by atoms with Gasteiger partial charge in [-0.05, 0) is 30.9 Å². The molecule has 0 bridgehead atoms. The quantitative estimate of drug-likeness (QED) is 0.686. The molecule has 1 fully saturated rings. The molecular weight excluding hydrogens is 220 g/mol. The molecule has 0 spiro atoms. The summed E-state index contributed by atoms with van der Waals surface area (Å²) in [6.45, 7) is 0.783. The van der Waals surface area contributed by atoms with E-state index in [9.17, 15) is 4.79 Å². The Balaban J connectivity index is 1.83. The van der Waals surface area contributed by atoms with Crippen LogP contribution in [0, 0.1) is 5.92 Å². The summed E-state index contributed by atoms with van der Waals surface area (Å²) in [6.07, 6.45) is 1.55. The number of anilines is 1. The Morgan fingerprint density at radius 1 is 1.47 bits per heavy atom. The molecule has 0 aromatic carbocycles. The number of aromatic nitrogens is 2. The Morgan fingerprint density at radius 3 is 2.76 bits per heavy atom. The molecule has 0 atom stereocenters. The van der Waals surface area contributed by atoms with E-state index < -0.39 is 0 Å². The van der Waals surface area contributed by atoms with Crippen molar-refractivity contribution in [1.29, 1.82) is 0 Å². The van der Waals surface area contributed by atoms with E-state index in [-0.39, 0.29) is 12.0 Å². The predicted molar refractivity (Wildman–Crippen MR) is 62.6 cm³/mol. The third kappa shape index (κ3) is 2.91. The number of hydrogen-bond donors (Lipinski definition) is 3. The summed E-state index contributed by atoms with van der Waals surface area (Å²) in [7, 11) is 1.55. The van der Waals surface area contributed by atoms with E-state index in [1.165, 1.54) is 0 Å². The van der Waals surface area contributed by atoms with E-state index in [2.05, 4.69) is 20.8 Å². The van der Waals surface area contributed by atoms with Gasteiger partial charge in [0, 0.05) is 13.6 Å². The van der Waals surface area contributed by atoms with Crippen molar-refractivity contribution in [2.75, 3.05) is 18.9 Å². The lowest BCUT2D eigenvalue weighted by Crippen LogP contribution is -2.33. The number of aliphatic hydroxyl groups is 1. The maximum Gasteiger partial charge on any atom is 0.271 e. The molecule has 0 radical (unpaired) electrons. The minimum Gasteiger partial charge on any atom is -0.393 e. The van der Waals surface area contributed by atoms with Crippen LogP contribution in [-0.4, -0.2) is 40.9 Å². The Labute approximate surface area is 99.4 Å². The van der Waals surface area contributed by atoms with E-state index in [0.29, 0.717) is 17.4 Å². The normalized spacial score (nSPS) is 22.7. The van der Waals surface area contributed by atoms with Crippen molar-refractivity contribution in [3.05, 3.63) is 17.8 Å². The number of nitrogens with zero attached hydrogens (tertiary/aromatic N) is 2. The molecule has 0 unspecified atom stereocenters. The standard InChI is InChI=1S/C11H16N4O2/c1-12-11(17)9-2-3-10(15-14-9)13-6-7-4-8(16)5-7/h2-3,7-8,16H,4-6H2,1H3,(H,12,17)(H,13,15). The summed E-state index contributed by atoms with van der Waals surface area (Å²) in [5.41, 5.74) is 0.303. The second-order valence-electron chi connectivity index (χ2n) is 4.26.